The first-order valence-electron chi connectivity index (χ1n) is 4.87. The van der Waals surface area contributed by atoms with Crippen molar-refractivity contribution in [2.24, 2.45) is 17.8 Å². The number of hydrogen-bond donors (Lipinski definition) is 1. The molecule has 5 nitrogen and oxygen atoms in total. The lowest BCUT2D eigenvalue weighted by Crippen LogP contribution is -2.48. The normalized spacial score (nSPS) is 44.0. The zero-order chi connectivity index (χ0) is 11.4. The van der Waals surface area contributed by atoms with Crippen LogP contribution in [0.5, 0.6) is 0 Å². The molecule has 0 aromatic carbocycles. The number of carboxylic acid groups (broad SMARTS) is 1. The van der Waals surface area contributed by atoms with E-state index in [9.17, 15) is 14.4 Å². The minimum atomic E-state index is -1.10. The molecule has 82 valence electrons. The van der Waals surface area contributed by atoms with Crippen LogP contribution in [0.25, 0.3) is 0 Å². The van der Waals surface area contributed by atoms with Gasteiger partial charge in [-0.3, -0.25) is 14.4 Å². The second kappa shape index (κ2) is 2.81. The third-order valence-electron chi connectivity index (χ3n) is 3.70. The Morgan fingerprint density at radius 1 is 1.53 bits per heavy atom. The van der Waals surface area contributed by atoms with Gasteiger partial charge < -0.3 is 9.84 Å². The molecule has 5 heteroatoms. The number of carbonyl (C=O) groups excluding carboxylic acids is 2. The van der Waals surface area contributed by atoms with E-state index >= 15 is 0 Å². The lowest BCUT2D eigenvalue weighted by atomic mass is 9.67. The maximum absolute atomic E-state index is 11.7. The predicted octanol–water partition coefficient (Wildman–Crippen LogP) is 0.228. The number of ether oxygens (including phenoxy) is 1. The van der Waals surface area contributed by atoms with E-state index in [0.717, 1.165) is 0 Å². The van der Waals surface area contributed by atoms with Crippen molar-refractivity contribution in [3.63, 3.8) is 0 Å². The molecule has 0 aromatic heterocycles. The fourth-order valence-electron chi connectivity index (χ4n) is 2.51. The molecule has 4 atom stereocenters. The van der Waals surface area contributed by atoms with E-state index in [2.05, 4.69) is 0 Å². The molecular formula is C10H12O5. The number of hydrogen-bond acceptors (Lipinski definition) is 4. The fourth-order valence-corrected chi connectivity index (χ4v) is 2.51. The van der Waals surface area contributed by atoms with Crippen molar-refractivity contribution in [3.8, 4) is 0 Å². The minimum absolute atomic E-state index is 0.105. The summed E-state index contributed by atoms with van der Waals surface area (Å²) in [6.07, 6.45) is -0.105. The molecule has 2 aliphatic rings. The van der Waals surface area contributed by atoms with Crippen molar-refractivity contribution in [2.75, 3.05) is 0 Å². The van der Waals surface area contributed by atoms with Crippen LogP contribution in [0.1, 0.15) is 20.3 Å². The first-order chi connectivity index (χ1) is 6.88. The summed E-state index contributed by atoms with van der Waals surface area (Å²) in [6.45, 7) is 3.26. The quantitative estimate of drug-likeness (QED) is 0.629. The monoisotopic (exact) mass is 212 g/mol. The van der Waals surface area contributed by atoms with Gasteiger partial charge in [0.2, 0.25) is 0 Å². The van der Waals surface area contributed by atoms with Crippen molar-refractivity contribution in [1.82, 2.24) is 0 Å². The highest BCUT2D eigenvalue weighted by atomic mass is 16.6. The molecule has 1 saturated carbocycles. The molecule has 1 saturated heterocycles. The lowest BCUT2D eigenvalue weighted by molar-refractivity contribution is -0.156. The first-order valence-corrected chi connectivity index (χ1v) is 4.87. The third-order valence-corrected chi connectivity index (χ3v) is 3.70. The van der Waals surface area contributed by atoms with Gasteiger partial charge in [-0.25, -0.2) is 0 Å². The molecular weight excluding hydrogens is 200 g/mol. The summed E-state index contributed by atoms with van der Waals surface area (Å²) in [5.74, 6) is -3.89. The van der Waals surface area contributed by atoms with E-state index in [0.29, 0.717) is 0 Å². The molecule has 1 heterocycles. The maximum atomic E-state index is 11.7. The summed E-state index contributed by atoms with van der Waals surface area (Å²) >= 11 is 0. The first kappa shape index (κ1) is 10.1. The van der Waals surface area contributed by atoms with Crippen molar-refractivity contribution >= 4 is 17.7 Å². The molecule has 4 unspecified atom stereocenters. The molecule has 1 N–H and O–H groups in total. The molecule has 2 bridgehead atoms. The van der Waals surface area contributed by atoms with Crippen LogP contribution in [0.3, 0.4) is 0 Å². The Morgan fingerprint density at radius 3 is 2.67 bits per heavy atom. The summed E-state index contributed by atoms with van der Waals surface area (Å²) < 4.78 is 5.03. The van der Waals surface area contributed by atoms with E-state index in [4.69, 9.17) is 9.84 Å². The highest BCUT2D eigenvalue weighted by Crippen LogP contribution is 2.47. The largest absolute Gasteiger partial charge is 0.481 e. The van der Waals surface area contributed by atoms with E-state index in [1.165, 1.54) is 0 Å². The van der Waals surface area contributed by atoms with Gasteiger partial charge in [-0.05, 0) is 6.92 Å². The molecule has 0 radical (unpaired) electrons. The van der Waals surface area contributed by atoms with Gasteiger partial charge >= 0.3 is 11.9 Å². The summed E-state index contributed by atoms with van der Waals surface area (Å²) in [6, 6.07) is 0. The molecule has 0 amide bonds. The average molecular weight is 212 g/mol. The van der Waals surface area contributed by atoms with Gasteiger partial charge in [-0.2, -0.15) is 0 Å². The smallest absolute Gasteiger partial charge is 0.311 e. The Bertz CT molecular complexity index is 361. The van der Waals surface area contributed by atoms with E-state index in [1.807, 2.05) is 0 Å². The summed E-state index contributed by atoms with van der Waals surface area (Å²) in [4.78, 5) is 34.1. The van der Waals surface area contributed by atoms with Crippen LogP contribution in [-0.4, -0.2) is 28.4 Å². The molecule has 2 fully saturated rings. The van der Waals surface area contributed by atoms with Crippen LogP contribution < -0.4 is 0 Å². The zero-order valence-electron chi connectivity index (χ0n) is 8.52. The predicted molar refractivity (Wildman–Crippen MR) is 47.9 cm³/mol. The van der Waals surface area contributed by atoms with Gasteiger partial charge in [0.1, 0.15) is 0 Å². The van der Waals surface area contributed by atoms with Crippen LogP contribution in [0, 0.1) is 17.8 Å². The second-order valence-electron chi connectivity index (χ2n) is 4.41. The standard InChI is InChI=1S/C10H12O5/c1-4-7-5(8(12)13)3-6(11)10(4,2)15-9(7)14/h4-5,7H,3H2,1-2H3,(H,12,13). The molecule has 0 aromatic rings. The lowest BCUT2D eigenvalue weighted by Gasteiger charge is -2.33. The second-order valence-corrected chi connectivity index (χ2v) is 4.41. The van der Waals surface area contributed by atoms with E-state index in [1.54, 1.807) is 13.8 Å². The zero-order valence-corrected chi connectivity index (χ0v) is 8.52. The average Bonchev–Trinajstić information content (AvgIpc) is 2.27. The number of rotatable bonds is 1. The van der Waals surface area contributed by atoms with Gasteiger partial charge in [-0.1, -0.05) is 6.92 Å². The Balaban J connectivity index is 2.44. The van der Waals surface area contributed by atoms with Gasteiger partial charge in [0.15, 0.2) is 11.4 Å². The van der Waals surface area contributed by atoms with Crippen LogP contribution in [0.2, 0.25) is 0 Å². The van der Waals surface area contributed by atoms with Crippen molar-refractivity contribution < 1.29 is 24.2 Å². The van der Waals surface area contributed by atoms with Gasteiger partial charge in [-0.15, -0.1) is 0 Å². The van der Waals surface area contributed by atoms with E-state index in [-0.39, 0.29) is 18.1 Å². The van der Waals surface area contributed by atoms with Crippen molar-refractivity contribution in [1.29, 1.82) is 0 Å². The Kier molecular flexibility index (Phi) is 1.90. The molecule has 0 spiro atoms. The third kappa shape index (κ3) is 1.12. The SMILES string of the molecule is CC1C2C(=O)OC1(C)C(=O)CC2C(=O)O. The van der Waals surface area contributed by atoms with Gasteiger partial charge in [0, 0.05) is 12.3 Å². The number of carbonyl (C=O) groups is 3. The molecule has 1 aliphatic carbocycles. The van der Waals surface area contributed by atoms with Gasteiger partial charge in [0.25, 0.3) is 0 Å². The molecule has 2 rings (SSSR count). The number of esters is 1. The minimum Gasteiger partial charge on any atom is -0.481 e. The highest BCUT2D eigenvalue weighted by molar-refractivity contribution is 5.99. The van der Waals surface area contributed by atoms with Gasteiger partial charge in [0.05, 0.1) is 11.8 Å². The topological polar surface area (TPSA) is 80.7 Å². The van der Waals surface area contributed by atoms with E-state index < -0.39 is 29.4 Å². The number of fused-ring (bicyclic) bond motifs is 2. The van der Waals surface area contributed by atoms with Crippen LogP contribution in [0.4, 0.5) is 0 Å². The van der Waals surface area contributed by atoms with Crippen molar-refractivity contribution in [2.45, 2.75) is 25.9 Å². The summed E-state index contributed by atoms with van der Waals surface area (Å²) in [5, 5.41) is 8.94. The molecule has 1 aliphatic heterocycles. The number of ketones is 1. The number of aliphatic carboxylic acids is 1. The van der Waals surface area contributed by atoms with Crippen LogP contribution in [0.15, 0.2) is 0 Å². The maximum Gasteiger partial charge on any atom is 0.311 e. The fraction of sp³-hybridized carbons (Fsp3) is 0.700. The summed E-state index contributed by atoms with van der Waals surface area (Å²) in [5.41, 5.74) is -1.10. The number of Topliss-reactive ketones (excluding diaryl/α,β-unsaturated/α-hetero) is 1. The summed E-state index contributed by atoms with van der Waals surface area (Å²) in [7, 11) is 0. The Hall–Kier alpha value is -1.39. The number of carboxylic acids is 1. The Morgan fingerprint density at radius 2 is 2.13 bits per heavy atom. The van der Waals surface area contributed by atoms with Crippen molar-refractivity contribution in [3.05, 3.63) is 0 Å². The van der Waals surface area contributed by atoms with Crippen LogP contribution in [-0.2, 0) is 19.1 Å². The highest BCUT2D eigenvalue weighted by Gasteiger charge is 2.62. The van der Waals surface area contributed by atoms with Crippen LogP contribution >= 0.6 is 0 Å². The Labute approximate surface area is 86.4 Å². The molecule has 15 heavy (non-hydrogen) atoms.